The molecule has 0 spiro atoms. The molecule has 1 aliphatic heterocycles. The number of ether oxygens (including phenoxy) is 1. The topological polar surface area (TPSA) is 41.6 Å². The minimum atomic E-state index is -0.982. The lowest BCUT2D eigenvalue weighted by molar-refractivity contribution is 0.0564. The summed E-state index contributed by atoms with van der Waals surface area (Å²) >= 11 is 0. The van der Waals surface area contributed by atoms with Crippen molar-refractivity contribution in [3.05, 3.63) is 29.8 Å². The first-order valence-corrected chi connectivity index (χ1v) is 5.25. The molecule has 0 unspecified atom stereocenters. The molecule has 1 N–H and O–H groups in total. The van der Waals surface area contributed by atoms with E-state index in [4.69, 9.17) is 4.74 Å². The van der Waals surface area contributed by atoms with Gasteiger partial charge in [-0.05, 0) is 12.1 Å². The fourth-order valence-corrected chi connectivity index (χ4v) is 1.54. The van der Waals surface area contributed by atoms with Crippen LogP contribution in [0, 0.1) is 11.6 Å². The first-order valence-electron chi connectivity index (χ1n) is 5.25. The number of anilines is 1. The van der Waals surface area contributed by atoms with Gasteiger partial charge in [-0.3, -0.25) is 0 Å². The molecule has 1 fully saturated rings. The van der Waals surface area contributed by atoms with Crippen molar-refractivity contribution in [2.45, 2.75) is 0 Å². The van der Waals surface area contributed by atoms with E-state index in [-0.39, 0.29) is 11.7 Å². The molecule has 2 rings (SSSR count). The van der Waals surface area contributed by atoms with Crippen molar-refractivity contribution in [3.8, 4) is 0 Å². The van der Waals surface area contributed by atoms with Crippen molar-refractivity contribution in [2.75, 3.05) is 31.6 Å². The van der Waals surface area contributed by atoms with Gasteiger partial charge in [-0.2, -0.15) is 0 Å². The van der Waals surface area contributed by atoms with E-state index in [1.54, 1.807) is 4.90 Å². The van der Waals surface area contributed by atoms with E-state index in [0.717, 1.165) is 12.1 Å². The van der Waals surface area contributed by atoms with Gasteiger partial charge in [0.15, 0.2) is 11.6 Å². The Balaban J connectivity index is 1.99. The van der Waals surface area contributed by atoms with Gasteiger partial charge >= 0.3 is 6.03 Å². The summed E-state index contributed by atoms with van der Waals surface area (Å²) in [5.41, 5.74) is 0.236. The van der Waals surface area contributed by atoms with Crippen LogP contribution in [0.2, 0.25) is 0 Å². The zero-order valence-corrected chi connectivity index (χ0v) is 9.08. The van der Waals surface area contributed by atoms with Crippen molar-refractivity contribution < 1.29 is 18.3 Å². The Morgan fingerprint density at radius 1 is 1.24 bits per heavy atom. The molecule has 0 aromatic heterocycles. The molecule has 0 bridgehead atoms. The summed E-state index contributed by atoms with van der Waals surface area (Å²) in [4.78, 5) is 13.3. The second kappa shape index (κ2) is 5.09. The maximum absolute atomic E-state index is 12.9. The van der Waals surface area contributed by atoms with Crippen molar-refractivity contribution in [3.63, 3.8) is 0 Å². The third-order valence-electron chi connectivity index (χ3n) is 2.47. The lowest BCUT2D eigenvalue weighted by Gasteiger charge is -2.26. The quantitative estimate of drug-likeness (QED) is 0.816. The van der Waals surface area contributed by atoms with Crippen LogP contribution in [-0.4, -0.2) is 37.2 Å². The van der Waals surface area contributed by atoms with Gasteiger partial charge in [-0.1, -0.05) is 0 Å². The zero-order valence-electron chi connectivity index (χ0n) is 9.08. The van der Waals surface area contributed by atoms with Gasteiger partial charge in [0.1, 0.15) is 0 Å². The monoisotopic (exact) mass is 242 g/mol. The SMILES string of the molecule is O=C(Nc1ccc(F)c(F)c1)N1CCOCC1. The number of hydrogen-bond donors (Lipinski definition) is 1. The van der Waals surface area contributed by atoms with Crippen LogP contribution in [0.15, 0.2) is 18.2 Å². The summed E-state index contributed by atoms with van der Waals surface area (Å²) in [5.74, 6) is -1.92. The van der Waals surface area contributed by atoms with E-state index in [1.807, 2.05) is 0 Å². The Morgan fingerprint density at radius 3 is 2.59 bits per heavy atom. The molecular weight excluding hydrogens is 230 g/mol. The van der Waals surface area contributed by atoms with Gasteiger partial charge in [0.05, 0.1) is 13.2 Å². The predicted octanol–water partition coefficient (Wildman–Crippen LogP) is 1.83. The Hall–Kier alpha value is -1.69. The third-order valence-corrected chi connectivity index (χ3v) is 2.47. The molecule has 1 heterocycles. The second-order valence-electron chi connectivity index (χ2n) is 3.66. The van der Waals surface area contributed by atoms with E-state index in [2.05, 4.69) is 5.32 Å². The molecule has 1 saturated heterocycles. The molecule has 4 nitrogen and oxygen atoms in total. The van der Waals surface area contributed by atoms with Crippen molar-refractivity contribution in [2.24, 2.45) is 0 Å². The number of amides is 2. The highest BCUT2D eigenvalue weighted by Crippen LogP contribution is 2.13. The summed E-state index contributed by atoms with van der Waals surface area (Å²) in [6.07, 6.45) is 0. The highest BCUT2D eigenvalue weighted by molar-refractivity contribution is 5.89. The van der Waals surface area contributed by atoms with E-state index in [1.165, 1.54) is 6.07 Å². The van der Waals surface area contributed by atoms with Crippen molar-refractivity contribution in [1.82, 2.24) is 4.90 Å². The van der Waals surface area contributed by atoms with Gasteiger partial charge in [0.25, 0.3) is 0 Å². The van der Waals surface area contributed by atoms with E-state index >= 15 is 0 Å². The van der Waals surface area contributed by atoms with Gasteiger partial charge in [-0.15, -0.1) is 0 Å². The summed E-state index contributed by atoms with van der Waals surface area (Å²) < 4.78 is 30.7. The van der Waals surface area contributed by atoms with Crippen LogP contribution >= 0.6 is 0 Å². The molecule has 2 amide bonds. The largest absolute Gasteiger partial charge is 0.378 e. The fourth-order valence-electron chi connectivity index (χ4n) is 1.54. The molecule has 6 heteroatoms. The first-order chi connectivity index (χ1) is 8.16. The fraction of sp³-hybridized carbons (Fsp3) is 0.364. The van der Waals surface area contributed by atoms with E-state index in [0.29, 0.717) is 26.3 Å². The highest BCUT2D eigenvalue weighted by atomic mass is 19.2. The zero-order chi connectivity index (χ0) is 12.3. The first kappa shape index (κ1) is 11.8. The summed E-state index contributed by atoms with van der Waals surface area (Å²) in [7, 11) is 0. The highest BCUT2D eigenvalue weighted by Gasteiger charge is 2.17. The van der Waals surface area contributed by atoms with Crippen LogP contribution < -0.4 is 5.32 Å². The van der Waals surface area contributed by atoms with Crippen molar-refractivity contribution >= 4 is 11.7 Å². The Kier molecular flexibility index (Phi) is 3.53. The molecule has 0 aliphatic carbocycles. The van der Waals surface area contributed by atoms with Gasteiger partial charge in [-0.25, -0.2) is 13.6 Å². The normalized spacial score (nSPS) is 15.8. The lowest BCUT2D eigenvalue weighted by atomic mass is 10.3. The minimum absolute atomic E-state index is 0.236. The molecule has 0 atom stereocenters. The number of halogens is 2. The molecule has 17 heavy (non-hydrogen) atoms. The predicted molar refractivity (Wildman–Crippen MR) is 57.8 cm³/mol. The molecular formula is C11H12F2N2O2. The number of hydrogen-bond acceptors (Lipinski definition) is 2. The standard InChI is InChI=1S/C11H12F2N2O2/c12-9-2-1-8(7-10(9)13)14-11(16)15-3-5-17-6-4-15/h1-2,7H,3-6H2,(H,14,16). The average molecular weight is 242 g/mol. The molecule has 92 valence electrons. The van der Waals surface area contributed by atoms with Crippen LogP contribution in [0.3, 0.4) is 0 Å². The van der Waals surface area contributed by atoms with Crippen LogP contribution in [-0.2, 0) is 4.74 Å². The van der Waals surface area contributed by atoms with Crippen LogP contribution in [0.1, 0.15) is 0 Å². The van der Waals surface area contributed by atoms with Crippen LogP contribution in [0.25, 0.3) is 0 Å². The number of carbonyl (C=O) groups is 1. The number of morpholine rings is 1. The smallest absolute Gasteiger partial charge is 0.322 e. The molecule has 1 aromatic carbocycles. The maximum atomic E-state index is 12.9. The lowest BCUT2D eigenvalue weighted by Crippen LogP contribution is -2.43. The minimum Gasteiger partial charge on any atom is -0.378 e. The summed E-state index contributed by atoms with van der Waals surface area (Å²) in [6, 6.07) is 2.91. The Labute approximate surface area is 97.2 Å². The Bertz CT molecular complexity index is 420. The number of benzene rings is 1. The third kappa shape index (κ3) is 2.91. The van der Waals surface area contributed by atoms with Gasteiger partial charge in [0.2, 0.25) is 0 Å². The van der Waals surface area contributed by atoms with E-state index in [9.17, 15) is 13.6 Å². The average Bonchev–Trinajstić information content (AvgIpc) is 2.35. The molecule has 0 radical (unpaired) electrons. The molecule has 1 aliphatic rings. The molecule has 0 saturated carbocycles. The second-order valence-corrected chi connectivity index (χ2v) is 3.66. The maximum Gasteiger partial charge on any atom is 0.322 e. The van der Waals surface area contributed by atoms with E-state index < -0.39 is 11.6 Å². The number of nitrogens with one attached hydrogen (secondary N) is 1. The van der Waals surface area contributed by atoms with Gasteiger partial charge < -0.3 is 15.0 Å². The number of rotatable bonds is 1. The number of nitrogens with zero attached hydrogens (tertiary/aromatic N) is 1. The summed E-state index contributed by atoms with van der Waals surface area (Å²) in [6.45, 7) is 1.97. The summed E-state index contributed by atoms with van der Waals surface area (Å²) in [5, 5.41) is 2.50. The number of urea groups is 1. The number of carbonyl (C=O) groups excluding carboxylic acids is 1. The van der Waals surface area contributed by atoms with Gasteiger partial charge in [0, 0.05) is 24.8 Å². The Morgan fingerprint density at radius 2 is 1.94 bits per heavy atom. The molecule has 1 aromatic rings. The van der Waals surface area contributed by atoms with Crippen molar-refractivity contribution in [1.29, 1.82) is 0 Å². The van der Waals surface area contributed by atoms with Crippen LogP contribution in [0.4, 0.5) is 19.3 Å². The van der Waals surface area contributed by atoms with Crippen LogP contribution in [0.5, 0.6) is 0 Å².